The van der Waals surface area contributed by atoms with Gasteiger partial charge >= 0.3 is 0 Å². The molecule has 0 spiro atoms. The molecule has 0 aliphatic heterocycles. The molecular weight excluding hydrogens is 298 g/mol. The van der Waals surface area contributed by atoms with Crippen LogP contribution in [0.25, 0.3) is 11.5 Å². The Labute approximate surface area is 131 Å². The van der Waals surface area contributed by atoms with Crippen molar-refractivity contribution in [2.45, 2.75) is 6.92 Å². The standard InChI is InChI=1S/C16H15N3O2S/c1-2-17-16-19(14(11-22-16)15-4-3-9-21-15)18-10-12-5-7-13(20)8-6-12/h3-11,20H,2H2,1H3. The number of phenolic OH excluding ortho intramolecular Hbond substituents is 1. The second-order valence-corrected chi connectivity index (χ2v) is 5.34. The van der Waals surface area contributed by atoms with Gasteiger partial charge in [-0.3, -0.25) is 4.99 Å². The molecule has 0 bridgehead atoms. The van der Waals surface area contributed by atoms with E-state index < -0.39 is 0 Å². The van der Waals surface area contributed by atoms with Crippen LogP contribution in [-0.2, 0) is 0 Å². The third kappa shape index (κ3) is 3.01. The summed E-state index contributed by atoms with van der Waals surface area (Å²) in [5.74, 6) is 0.981. The smallest absolute Gasteiger partial charge is 0.206 e. The highest BCUT2D eigenvalue weighted by Crippen LogP contribution is 2.20. The Balaban J connectivity index is 2.03. The molecular formula is C16H15N3O2S. The molecule has 3 rings (SSSR count). The molecule has 1 aromatic carbocycles. The van der Waals surface area contributed by atoms with Crippen molar-refractivity contribution in [1.29, 1.82) is 0 Å². The van der Waals surface area contributed by atoms with E-state index in [0.717, 1.165) is 21.8 Å². The van der Waals surface area contributed by atoms with Gasteiger partial charge in [0, 0.05) is 11.9 Å². The molecule has 6 heteroatoms. The lowest BCUT2D eigenvalue weighted by Crippen LogP contribution is -2.12. The van der Waals surface area contributed by atoms with Gasteiger partial charge in [-0.25, -0.2) is 4.68 Å². The number of aromatic hydroxyl groups is 1. The zero-order chi connectivity index (χ0) is 15.4. The van der Waals surface area contributed by atoms with Crippen LogP contribution in [0.15, 0.2) is 62.6 Å². The summed E-state index contributed by atoms with van der Waals surface area (Å²) in [5, 5.41) is 15.8. The third-order valence-corrected chi connectivity index (χ3v) is 3.82. The van der Waals surface area contributed by atoms with Crippen LogP contribution in [-0.4, -0.2) is 22.5 Å². The third-order valence-electron chi connectivity index (χ3n) is 2.97. The molecule has 2 aromatic heterocycles. The summed E-state index contributed by atoms with van der Waals surface area (Å²) in [6.07, 6.45) is 3.37. The minimum absolute atomic E-state index is 0.235. The number of nitrogens with zero attached hydrogens (tertiary/aromatic N) is 3. The van der Waals surface area contributed by atoms with E-state index in [1.807, 2.05) is 24.4 Å². The first-order chi connectivity index (χ1) is 10.8. The van der Waals surface area contributed by atoms with Crippen molar-refractivity contribution in [1.82, 2.24) is 4.68 Å². The number of hydrogen-bond acceptors (Lipinski definition) is 5. The van der Waals surface area contributed by atoms with Gasteiger partial charge in [-0.15, -0.1) is 11.3 Å². The summed E-state index contributed by atoms with van der Waals surface area (Å²) in [4.78, 5) is 5.26. The van der Waals surface area contributed by atoms with Crippen LogP contribution in [0, 0.1) is 0 Å². The van der Waals surface area contributed by atoms with E-state index in [1.165, 1.54) is 11.3 Å². The van der Waals surface area contributed by atoms with Crippen LogP contribution in [0.3, 0.4) is 0 Å². The predicted molar refractivity (Wildman–Crippen MR) is 87.2 cm³/mol. The summed E-state index contributed by atoms with van der Waals surface area (Å²) >= 11 is 1.52. The van der Waals surface area contributed by atoms with Gasteiger partial charge in [0.1, 0.15) is 11.4 Å². The van der Waals surface area contributed by atoms with Crippen molar-refractivity contribution < 1.29 is 9.52 Å². The number of benzene rings is 1. The normalized spacial score (nSPS) is 12.3. The van der Waals surface area contributed by atoms with Gasteiger partial charge in [-0.05, 0) is 48.9 Å². The van der Waals surface area contributed by atoms with E-state index in [2.05, 4.69) is 10.1 Å². The van der Waals surface area contributed by atoms with Gasteiger partial charge < -0.3 is 9.52 Å². The Bertz CT molecular complexity index is 827. The summed E-state index contributed by atoms with van der Waals surface area (Å²) in [6, 6.07) is 10.6. The van der Waals surface area contributed by atoms with Crippen molar-refractivity contribution in [2.24, 2.45) is 10.1 Å². The van der Waals surface area contributed by atoms with E-state index in [4.69, 9.17) is 4.42 Å². The van der Waals surface area contributed by atoms with Gasteiger partial charge in [-0.1, -0.05) is 0 Å². The van der Waals surface area contributed by atoms with Crippen LogP contribution >= 0.6 is 11.3 Å². The fourth-order valence-electron chi connectivity index (χ4n) is 1.93. The fourth-order valence-corrected chi connectivity index (χ4v) is 2.82. The highest BCUT2D eigenvalue weighted by molar-refractivity contribution is 7.07. The van der Waals surface area contributed by atoms with Gasteiger partial charge in [0.25, 0.3) is 0 Å². The first-order valence-corrected chi connectivity index (χ1v) is 7.74. The number of hydrogen-bond donors (Lipinski definition) is 1. The lowest BCUT2D eigenvalue weighted by Gasteiger charge is -2.00. The molecule has 0 atom stereocenters. The highest BCUT2D eigenvalue weighted by atomic mass is 32.1. The van der Waals surface area contributed by atoms with E-state index in [-0.39, 0.29) is 5.75 Å². The molecule has 0 saturated carbocycles. The quantitative estimate of drug-likeness (QED) is 0.751. The zero-order valence-corrected chi connectivity index (χ0v) is 12.8. The summed E-state index contributed by atoms with van der Waals surface area (Å²) in [7, 11) is 0. The first kappa shape index (κ1) is 14.3. The van der Waals surface area contributed by atoms with Crippen molar-refractivity contribution in [3.05, 3.63) is 58.4 Å². The molecule has 0 aliphatic carbocycles. The largest absolute Gasteiger partial charge is 0.508 e. The van der Waals surface area contributed by atoms with Crippen LogP contribution in [0.4, 0.5) is 0 Å². The maximum Gasteiger partial charge on any atom is 0.206 e. The highest BCUT2D eigenvalue weighted by Gasteiger charge is 2.09. The molecule has 1 N–H and O–H groups in total. The van der Waals surface area contributed by atoms with Crippen molar-refractivity contribution >= 4 is 17.6 Å². The number of phenols is 1. The molecule has 2 heterocycles. The Morgan fingerprint density at radius 3 is 2.77 bits per heavy atom. The van der Waals surface area contributed by atoms with Gasteiger partial charge in [0.15, 0.2) is 5.76 Å². The summed E-state index contributed by atoms with van der Waals surface area (Å²) < 4.78 is 7.22. The van der Waals surface area contributed by atoms with E-state index in [0.29, 0.717) is 6.54 Å². The predicted octanol–water partition coefficient (Wildman–Crippen LogP) is 3.32. The van der Waals surface area contributed by atoms with Crippen LogP contribution in [0.5, 0.6) is 5.75 Å². The maximum atomic E-state index is 9.32. The van der Waals surface area contributed by atoms with Crippen molar-refractivity contribution in [2.75, 3.05) is 6.54 Å². The maximum absolute atomic E-state index is 9.32. The number of aromatic nitrogens is 1. The van der Waals surface area contributed by atoms with E-state index in [9.17, 15) is 5.11 Å². The lowest BCUT2D eigenvalue weighted by atomic mass is 10.2. The van der Waals surface area contributed by atoms with E-state index >= 15 is 0 Å². The van der Waals surface area contributed by atoms with Crippen LogP contribution in [0.1, 0.15) is 12.5 Å². The molecule has 0 unspecified atom stereocenters. The average Bonchev–Trinajstić information content (AvgIpc) is 3.16. The molecule has 0 saturated heterocycles. The number of furan rings is 1. The molecule has 112 valence electrons. The SMILES string of the molecule is CCN=c1scc(-c2ccco2)n1N=Cc1ccc(O)cc1. The van der Waals surface area contributed by atoms with Crippen LogP contribution in [0.2, 0.25) is 0 Å². The molecule has 0 aliphatic rings. The second-order valence-electron chi connectivity index (χ2n) is 4.50. The Morgan fingerprint density at radius 1 is 1.27 bits per heavy atom. The van der Waals surface area contributed by atoms with Crippen LogP contribution < -0.4 is 4.80 Å². The molecule has 0 fully saturated rings. The topological polar surface area (TPSA) is 63.0 Å². The Kier molecular flexibility index (Phi) is 4.20. The minimum Gasteiger partial charge on any atom is -0.508 e. The number of rotatable bonds is 4. The summed E-state index contributed by atoms with van der Waals surface area (Å²) in [6.45, 7) is 2.67. The van der Waals surface area contributed by atoms with Gasteiger partial charge in [-0.2, -0.15) is 5.10 Å². The monoisotopic (exact) mass is 313 g/mol. The minimum atomic E-state index is 0.235. The molecule has 3 aromatic rings. The van der Waals surface area contributed by atoms with Crippen molar-refractivity contribution in [3.8, 4) is 17.2 Å². The van der Waals surface area contributed by atoms with Gasteiger partial charge in [0.05, 0.1) is 12.5 Å². The second kappa shape index (κ2) is 6.44. The van der Waals surface area contributed by atoms with E-state index in [1.54, 1.807) is 41.4 Å². The summed E-state index contributed by atoms with van der Waals surface area (Å²) in [5.41, 5.74) is 1.75. The number of thiazole rings is 1. The lowest BCUT2D eigenvalue weighted by molar-refractivity contribution is 0.475. The average molecular weight is 313 g/mol. The van der Waals surface area contributed by atoms with Crippen molar-refractivity contribution in [3.63, 3.8) is 0 Å². The molecule has 0 amide bonds. The zero-order valence-electron chi connectivity index (χ0n) is 12.0. The fraction of sp³-hybridized carbons (Fsp3) is 0.125. The first-order valence-electron chi connectivity index (χ1n) is 6.86. The Hall–Kier alpha value is -2.60. The molecule has 5 nitrogen and oxygen atoms in total. The molecule has 0 radical (unpaired) electrons. The van der Waals surface area contributed by atoms with Gasteiger partial charge in [0.2, 0.25) is 4.80 Å². The Morgan fingerprint density at radius 2 is 2.09 bits per heavy atom. The molecule has 22 heavy (non-hydrogen) atoms.